The quantitative estimate of drug-likeness (QED) is 0.894. The number of halogens is 1. The van der Waals surface area contributed by atoms with Crippen LogP contribution in [0.25, 0.3) is 0 Å². The second-order valence-electron chi connectivity index (χ2n) is 5.33. The summed E-state index contributed by atoms with van der Waals surface area (Å²) in [6, 6.07) is 4.09. The number of nitrogens with zero attached hydrogens (tertiary/aromatic N) is 1. The molecule has 0 unspecified atom stereocenters. The van der Waals surface area contributed by atoms with E-state index in [4.69, 9.17) is 0 Å². The largest absolute Gasteiger partial charge is 0.508 e. The average Bonchev–Trinajstić information content (AvgIpc) is 2.70. The lowest BCUT2D eigenvalue weighted by Crippen LogP contribution is -2.11. The zero-order valence-corrected chi connectivity index (χ0v) is 11.5. The van der Waals surface area contributed by atoms with E-state index in [2.05, 4.69) is 25.8 Å². The van der Waals surface area contributed by atoms with E-state index in [0.29, 0.717) is 12.0 Å². The Hall–Kier alpha value is -1.42. The Kier molecular flexibility index (Phi) is 3.39. The second kappa shape index (κ2) is 4.69. The third-order valence-corrected chi connectivity index (χ3v) is 3.56. The summed E-state index contributed by atoms with van der Waals surface area (Å²) in [5.41, 5.74) is 1.77. The number of aromatic hydroxyl groups is 1. The summed E-state index contributed by atoms with van der Waals surface area (Å²) in [5.74, 6) is -0.437. The number of hydrogen-bond donors (Lipinski definition) is 1. The molecule has 0 spiro atoms. The Bertz CT molecular complexity index is 557. The highest BCUT2D eigenvalue weighted by Crippen LogP contribution is 2.27. The van der Waals surface area contributed by atoms with Gasteiger partial charge in [-0.15, -0.1) is 11.3 Å². The van der Waals surface area contributed by atoms with Crippen molar-refractivity contribution >= 4 is 11.3 Å². The highest BCUT2D eigenvalue weighted by atomic mass is 32.1. The molecular formula is C14H16FNOS. The molecule has 96 valence electrons. The van der Waals surface area contributed by atoms with Crippen LogP contribution >= 0.6 is 11.3 Å². The van der Waals surface area contributed by atoms with Gasteiger partial charge in [-0.25, -0.2) is 9.37 Å². The fourth-order valence-electron chi connectivity index (χ4n) is 1.59. The zero-order valence-electron chi connectivity index (χ0n) is 10.7. The minimum absolute atomic E-state index is 0.0116. The van der Waals surface area contributed by atoms with Gasteiger partial charge in [0, 0.05) is 28.8 Å². The maximum Gasteiger partial charge on any atom is 0.126 e. The van der Waals surface area contributed by atoms with Crippen LogP contribution in [0.1, 0.15) is 37.0 Å². The van der Waals surface area contributed by atoms with Crippen molar-refractivity contribution in [3.8, 4) is 5.75 Å². The molecule has 0 saturated carbocycles. The number of benzene rings is 1. The van der Waals surface area contributed by atoms with Crippen LogP contribution in [0.2, 0.25) is 0 Å². The summed E-state index contributed by atoms with van der Waals surface area (Å²) in [4.78, 5) is 4.55. The highest BCUT2D eigenvalue weighted by Gasteiger charge is 2.17. The number of aromatic nitrogens is 1. The van der Waals surface area contributed by atoms with Gasteiger partial charge in [-0.3, -0.25) is 0 Å². The number of phenolic OH excluding ortho intramolecular Hbond substituents is 1. The second-order valence-corrected chi connectivity index (χ2v) is 6.27. The van der Waals surface area contributed by atoms with Crippen LogP contribution in [0.5, 0.6) is 5.75 Å². The summed E-state index contributed by atoms with van der Waals surface area (Å²) in [7, 11) is 0. The Labute approximate surface area is 110 Å². The summed E-state index contributed by atoms with van der Waals surface area (Å²) in [5, 5.41) is 12.6. The third kappa shape index (κ3) is 2.88. The minimum Gasteiger partial charge on any atom is -0.508 e. The van der Waals surface area contributed by atoms with Crippen molar-refractivity contribution in [3.63, 3.8) is 0 Å². The average molecular weight is 265 g/mol. The van der Waals surface area contributed by atoms with E-state index in [0.717, 1.165) is 16.8 Å². The predicted octanol–water partition coefficient (Wildman–Crippen LogP) is 3.88. The molecular weight excluding hydrogens is 249 g/mol. The van der Waals surface area contributed by atoms with Gasteiger partial charge in [0.15, 0.2) is 0 Å². The lowest BCUT2D eigenvalue weighted by atomic mass is 9.93. The molecule has 18 heavy (non-hydrogen) atoms. The van der Waals surface area contributed by atoms with Crippen molar-refractivity contribution in [2.45, 2.75) is 32.6 Å². The Morgan fingerprint density at radius 1 is 1.33 bits per heavy atom. The van der Waals surface area contributed by atoms with E-state index in [-0.39, 0.29) is 11.2 Å². The lowest BCUT2D eigenvalue weighted by molar-refractivity contribution is 0.463. The molecule has 2 nitrogen and oxygen atoms in total. The SMILES string of the molecule is CC(C)(C)c1csc(Cc2ccc(F)cc2O)n1. The van der Waals surface area contributed by atoms with Crippen molar-refractivity contribution in [1.29, 1.82) is 0 Å². The number of thiazole rings is 1. The number of hydrogen-bond acceptors (Lipinski definition) is 3. The van der Waals surface area contributed by atoms with Gasteiger partial charge in [0.05, 0.1) is 10.7 Å². The van der Waals surface area contributed by atoms with Gasteiger partial charge in [0.25, 0.3) is 0 Å². The topological polar surface area (TPSA) is 33.1 Å². The van der Waals surface area contributed by atoms with Gasteiger partial charge >= 0.3 is 0 Å². The van der Waals surface area contributed by atoms with Crippen LogP contribution in [-0.2, 0) is 11.8 Å². The Morgan fingerprint density at radius 3 is 2.61 bits per heavy atom. The van der Waals surface area contributed by atoms with Gasteiger partial charge in [0.2, 0.25) is 0 Å². The standard InChI is InChI=1S/C14H16FNOS/c1-14(2,3)12-8-18-13(16-12)6-9-4-5-10(15)7-11(9)17/h4-5,7-8,17H,6H2,1-3H3. The molecule has 2 rings (SSSR count). The van der Waals surface area contributed by atoms with Crippen molar-refractivity contribution in [3.05, 3.63) is 45.7 Å². The van der Waals surface area contributed by atoms with Crippen molar-refractivity contribution in [2.75, 3.05) is 0 Å². The molecule has 1 aromatic carbocycles. The first kappa shape index (κ1) is 13.0. The third-order valence-electron chi connectivity index (χ3n) is 2.71. The molecule has 4 heteroatoms. The molecule has 0 aliphatic rings. The molecule has 0 aliphatic heterocycles. The zero-order chi connectivity index (χ0) is 13.3. The number of phenols is 1. The van der Waals surface area contributed by atoms with Gasteiger partial charge in [-0.2, -0.15) is 0 Å². The molecule has 0 aliphatic carbocycles. The van der Waals surface area contributed by atoms with Crippen molar-refractivity contribution in [1.82, 2.24) is 4.98 Å². The minimum atomic E-state index is -0.425. The molecule has 1 aromatic heterocycles. The fourth-order valence-corrected chi connectivity index (χ4v) is 2.63. The Balaban J connectivity index is 2.21. The highest BCUT2D eigenvalue weighted by molar-refractivity contribution is 7.09. The van der Waals surface area contributed by atoms with E-state index in [1.807, 2.05) is 5.38 Å². The predicted molar refractivity (Wildman–Crippen MR) is 71.7 cm³/mol. The molecule has 0 atom stereocenters. The van der Waals surface area contributed by atoms with Crippen molar-refractivity contribution < 1.29 is 9.50 Å². The maximum absolute atomic E-state index is 12.9. The smallest absolute Gasteiger partial charge is 0.126 e. The van der Waals surface area contributed by atoms with Crippen LogP contribution in [0.4, 0.5) is 4.39 Å². The molecule has 1 N–H and O–H groups in total. The molecule has 0 amide bonds. The molecule has 1 heterocycles. The molecule has 0 bridgehead atoms. The molecule has 2 aromatic rings. The maximum atomic E-state index is 12.9. The fraction of sp³-hybridized carbons (Fsp3) is 0.357. The summed E-state index contributed by atoms with van der Waals surface area (Å²) >= 11 is 1.57. The van der Waals surface area contributed by atoms with Gasteiger partial charge in [-0.05, 0) is 6.07 Å². The monoisotopic (exact) mass is 265 g/mol. The summed E-state index contributed by atoms with van der Waals surface area (Å²) in [6.45, 7) is 6.34. The number of rotatable bonds is 2. The van der Waals surface area contributed by atoms with Crippen LogP contribution in [0, 0.1) is 5.82 Å². The normalized spacial score (nSPS) is 11.8. The molecule has 0 radical (unpaired) electrons. The van der Waals surface area contributed by atoms with Gasteiger partial charge < -0.3 is 5.11 Å². The first-order valence-corrected chi connectivity index (χ1v) is 6.66. The van der Waals surface area contributed by atoms with Crippen LogP contribution in [0.3, 0.4) is 0 Å². The summed E-state index contributed by atoms with van der Waals surface area (Å²) in [6.07, 6.45) is 0.535. The van der Waals surface area contributed by atoms with Gasteiger partial charge in [0.1, 0.15) is 11.6 Å². The van der Waals surface area contributed by atoms with Crippen LogP contribution in [-0.4, -0.2) is 10.1 Å². The first-order valence-electron chi connectivity index (χ1n) is 5.78. The van der Waals surface area contributed by atoms with E-state index < -0.39 is 5.82 Å². The van der Waals surface area contributed by atoms with E-state index in [1.165, 1.54) is 6.07 Å². The van der Waals surface area contributed by atoms with E-state index >= 15 is 0 Å². The first-order chi connectivity index (χ1) is 8.36. The van der Waals surface area contributed by atoms with E-state index in [9.17, 15) is 9.50 Å². The van der Waals surface area contributed by atoms with Crippen LogP contribution < -0.4 is 0 Å². The van der Waals surface area contributed by atoms with Gasteiger partial charge in [-0.1, -0.05) is 26.8 Å². The Morgan fingerprint density at radius 2 is 2.06 bits per heavy atom. The molecule has 0 fully saturated rings. The van der Waals surface area contributed by atoms with Crippen LogP contribution in [0.15, 0.2) is 23.6 Å². The summed E-state index contributed by atoms with van der Waals surface area (Å²) < 4.78 is 12.9. The lowest BCUT2D eigenvalue weighted by Gasteiger charge is -2.14. The van der Waals surface area contributed by atoms with E-state index in [1.54, 1.807) is 17.4 Å². The van der Waals surface area contributed by atoms with Crippen molar-refractivity contribution in [2.24, 2.45) is 0 Å². The molecule has 0 saturated heterocycles.